The van der Waals surface area contributed by atoms with E-state index in [9.17, 15) is 9.59 Å². The van der Waals surface area contributed by atoms with Crippen LogP contribution in [-0.2, 0) is 4.79 Å². The van der Waals surface area contributed by atoms with Crippen molar-refractivity contribution < 1.29 is 24.9 Å². The predicted molar refractivity (Wildman–Crippen MR) is 58.5 cm³/mol. The fraction of sp³-hybridized carbons (Fsp3) is 0.800. The molecule has 1 heterocycles. The van der Waals surface area contributed by atoms with E-state index in [0.29, 0.717) is 19.4 Å². The Hall–Kier alpha value is -1.34. The summed E-state index contributed by atoms with van der Waals surface area (Å²) in [4.78, 5) is 25.5. The van der Waals surface area contributed by atoms with Gasteiger partial charge in [0.05, 0.1) is 13.2 Å². The van der Waals surface area contributed by atoms with E-state index in [-0.39, 0.29) is 26.3 Å². The minimum atomic E-state index is -1.01. The first kappa shape index (κ1) is 13.7. The van der Waals surface area contributed by atoms with E-state index in [2.05, 4.69) is 0 Å². The summed E-state index contributed by atoms with van der Waals surface area (Å²) in [6.07, 6.45) is 1.11. The molecule has 1 aliphatic rings. The van der Waals surface area contributed by atoms with E-state index in [1.54, 1.807) is 0 Å². The Morgan fingerprint density at radius 1 is 1.24 bits per heavy atom. The van der Waals surface area contributed by atoms with Crippen molar-refractivity contribution in [2.24, 2.45) is 0 Å². The molecule has 0 aromatic carbocycles. The molecule has 1 atom stereocenters. The van der Waals surface area contributed by atoms with Crippen molar-refractivity contribution in [3.05, 3.63) is 0 Å². The number of carbonyl (C=O) groups excluding carboxylic acids is 1. The number of carboxylic acids is 1. The van der Waals surface area contributed by atoms with Crippen LogP contribution in [0.3, 0.4) is 0 Å². The summed E-state index contributed by atoms with van der Waals surface area (Å²) in [5, 5.41) is 26.6. The molecular weight excluding hydrogens is 228 g/mol. The molecule has 0 saturated carbocycles. The fourth-order valence-electron chi connectivity index (χ4n) is 1.98. The standard InChI is InChI=1S/C10H18N2O5/c13-6-4-11(5-7-14)10(17)12-3-1-2-8(12)9(15)16/h8,13-14H,1-7H2,(H,15,16). The summed E-state index contributed by atoms with van der Waals surface area (Å²) >= 11 is 0. The van der Waals surface area contributed by atoms with Crippen LogP contribution >= 0.6 is 0 Å². The lowest BCUT2D eigenvalue weighted by Crippen LogP contribution is -2.49. The summed E-state index contributed by atoms with van der Waals surface area (Å²) in [6.45, 7) is 0.183. The maximum Gasteiger partial charge on any atom is 0.326 e. The topological polar surface area (TPSA) is 101 Å². The van der Waals surface area contributed by atoms with Crippen LogP contribution in [-0.4, -0.2) is 76.0 Å². The fourth-order valence-corrected chi connectivity index (χ4v) is 1.98. The number of amides is 2. The number of hydrogen-bond acceptors (Lipinski definition) is 4. The van der Waals surface area contributed by atoms with Crippen LogP contribution in [0, 0.1) is 0 Å². The molecule has 0 aromatic heterocycles. The zero-order valence-electron chi connectivity index (χ0n) is 9.58. The molecule has 7 nitrogen and oxygen atoms in total. The molecule has 7 heteroatoms. The lowest BCUT2D eigenvalue weighted by molar-refractivity contribution is -0.141. The SMILES string of the molecule is O=C(O)C1CCCN1C(=O)N(CCO)CCO. The van der Waals surface area contributed by atoms with E-state index in [1.165, 1.54) is 9.80 Å². The van der Waals surface area contributed by atoms with Gasteiger partial charge in [-0.05, 0) is 12.8 Å². The summed E-state index contributed by atoms with van der Waals surface area (Å²) in [6, 6.07) is -1.22. The predicted octanol–water partition coefficient (Wildman–Crippen LogP) is -1.06. The molecule has 0 bridgehead atoms. The first-order valence-corrected chi connectivity index (χ1v) is 5.62. The minimum Gasteiger partial charge on any atom is -0.480 e. The lowest BCUT2D eigenvalue weighted by atomic mass is 10.2. The van der Waals surface area contributed by atoms with Gasteiger partial charge in [-0.15, -0.1) is 0 Å². The number of carboxylic acid groups (broad SMARTS) is 1. The Kier molecular flexibility index (Phi) is 5.17. The van der Waals surface area contributed by atoms with E-state index in [4.69, 9.17) is 15.3 Å². The zero-order chi connectivity index (χ0) is 12.8. The summed E-state index contributed by atoms with van der Waals surface area (Å²) < 4.78 is 0. The lowest BCUT2D eigenvalue weighted by Gasteiger charge is -2.29. The molecule has 0 spiro atoms. The Bertz CT molecular complexity index is 278. The molecule has 3 N–H and O–H groups in total. The van der Waals surface area contributed by atoms with Gasteiger partial charge < -0.3 is 25.1 Å². The number of rotatable bonds is 5. The third-order valence-corrected chi connectivity index (χ3v) is 2.79. The second-order valence-electron chi connectivity index (χ2n) is 3.91. The smallest absolute Gasteiger partial charge is 0.326 e. The average Bonchev–Trinajstić information content (AvgIpc) is 2.76. The van der Waals surface area contributed by atoms with Gasteiger partial charge >= 0.3 is 12.0 Å². The molecule has 1 rings (SSSR count). The van der Waals surface area contributed by atoms with Crippen LogP contribution in [0.5, 0.6) is 0 Å². The Balaban J connectivity index is 2.68. The highest BCUT2D eigenvalue weighted by molar-refractivity contribution is 5.83. The van der Waals surface area contributed by atoms with Gasteiger partial charge in [-0.2, -0.15) is 0 Å². The number of hydrogen-bond donors (Lipinski definition) is 3. The van der Waals surface area contributed by atoms with Crippen molar-refractivity contribution in [1.82, 2.24) is 9.80 Å². The number of aliphatic hydroxyl groups is 2. The van der Waals surface area contributed by atoms with Crippen LogP contribution < -0.4 is 0 Å². The molecule has 1 unspecified atom stereocenters. The van der Waals surface area contributed by atoms with Crippen molar-refractivity contribution in [3.8, 4) is 0 Å². The summed E-state index contributed by atoms with van der Waals surface area (Å²) in [5.74, 6) is -1.01. The normalized spacial score (nSPS) is 19.4. The van der Waals surface area contributed by atoms with E-state index >= 15 is 0 Å². The molecule has 17 heavy (non-hydrogen) atoms. The second-order valence-corrected chi connectivity index (χ2v) is 3.91. The van der Waals surface area contributed by atoms with Crippen molar-refractivity contribution in [2.75, 3.05) is 32.8 Å². The first-order chi connectivity index (χ1) is 8.11. The van der Waals surface area contributed by atoms with Crippen LogP contribution in [0.25, 0.3) is 0 Å². The van der Waals surface area contributed by atoms with E-state index < -0.39 is 18.0 Å². The first-order valence-electron chi connectivity index (χ1n) is 5.62. The molecule has 0 aliphatic carbocycles. The summed E-state index contributed by atoms with van der Waals surface area (Å²) in [7, 11) is 0. The van der Waals surface area contributed by atoms with Crippen molar-refractivity contribution in [1.29, 1.82) is 0 Å². The minimum absolute atomic E-state index is 0.0994. The average molecular weight is 246 g/mol. The van der Waals surface area contributed by atoms with E-state index in [1.807, 2.05) is 0 Å². The largest absolute Gasteiger partial charge is 0.480 e. The van der Waals surface area contributed by atoms with Gasteiger partial charge in [0, 0.05) is 19.6 Å². The zero-order valence-corrected chi connectivity index (χ0v) is 9.58. The van der Waals surface area contributed by atoms with Crippen molar-refractivity contribution in [3.63, 3.8) is 0 Å². The number of urea groups is 1. The molecule has 98 valence electrons. The number of carbonyl (C=O) groups is 2. The highest BCUT2D eigenvalue weighted by Gasteiger charge is 2.35. The second kappa shape index (κ2) is 6.41. The number of nitrogens with zero attached hydrogens (tertiary/aromatic N) is 2. The van der Waals surface area contributed by atoms with Gasteiger partial charge in [-0.25, -0.2) is 9.59 Å². The third kappa shape index (κ3) is 3.31. The molecule has 1 saturated heterocycles. The molecule has 1 aliphatic heterocycles. The van der Waals surface area contributed by atoms with Gasteiger partial charge in [0.1, 0.15) is 6.04 Å². The van der Waals surface area contributed by atoms with E-state index in [0.717, 1.165) is 0 Å². The maximum absolute atomic E-state index is 12.0. The Morgan fingerprint density at radius 2 is 1.82 bits per heavy atom. The number of aliphatic hydroxyl groups excluding tert-OH is 2. The highest BCUT2D eigenvalue weighted by atomic mass is 16.4. The molecule has 2 amide bonds. The van der Waals surface area contributed by atoms with Crippen molar-refractivity contribution >= 4 is 12.0 Å². The quantitative estimate of drug-likeness (QED) is 0.574. The maximum atomic E-state index is 12.0. The molecule has 0 aromatic rings. The number of likely N-dealkylation sites (tertiary alicyclic amines) is 1. The van der Waals surface area contributed by atoms with Gasteiger partial charge in [-0.3, -0.25) is 0 Å². The van der Waals surface area contributed by atoms with Gasteiger partial charge in [0.2, 0.25) is 0 Å². The van der Waals surface area contributed by atoms with Crippen LogP contribution in [0.15, 0.2) is 0 Å². The Morgan fingerprint density at radius 3 is 2.29 bits per heavy atom. The van der Waals surface area contributed by atoms with Crippen molar-refractivity contribution in [2.45, 2.75) is 18.9 Å². The van der Waals surface area contributed by atoms with Crippen LogP contribution in [0.1, 0.15) is 12.8 Å². The third-order valence-electron chi connectivity index (χ3n) is 2.79. The van der Waals surface area contributed by atoms with Gasteiger partial charge in [0.25, 0.3) is 0 Å². The van der Waals surface area contributed by atoms with Gasteiger partial charge in [-0.1, -0.05) is 0 Å². The molecule has 1 fully saturated rings. The van der Waals surface area contributed by atoms with Gasteiger partial charge in [0.15, 0.2) is 0 Å². The Labute approximate surface area is 99.2 Å². The van der Waals surface area contributed by atoms with Crippen LogP contribution in [0.2, 0.25) is 0 Å². The van der Waals surface area contributed by atoms with Crippen LogP contribution in [0.4, 0.5) is 4.79 Å². The molecule has 0 radical (unpaired) electrons. The monoisotopic (exact) mass is 246 g/mol. The summed E-state index contributed by atoms with van der Waals surface area (Å²) in [5.41, 5.74) is 0. The number of aliphatic carboxylic acids is 1. The molecular formula is C10H18N2O5. The highest BCUT2D eigenvalue weighted by Crippen LogP contribution is 2.19.